The van der Waals surface area contributed by atoms with Crippen molar-refractivity contribution in [1.82, 2.24) is 0 Å². The van der Waals surface area contributed by atoms with Crippen molar-refractivity contribution in [2.75, 3.05) is 39.6 Å². The van der Waals surface area contributed by atoms with E-state index in [1.165, 1.54) is 51.4 Å². The SMILES string of the molecule is CC/C=C\C/C=C\C/C=C\C/C=C\C/C=C\CCCC(=O)OCC(COP(=O)(O)OCC(O)COP(=O)(O)OCC(COC(=O)C/C=C\C/C=C\C/C=C\C/C=C\C/C=C\CC)OC(=O)CCCCCCCCCCCCCCC)OC(=O)CCCCCCCCC/C=C\C/C=C\C/C=C\CC. The second kappa shape index (κ2) is 74.0. The molecule has 3 N–H and O–H groups in total. The number of allylic oxidation sites excluding steroid dienone is 25. The Labute approximate surface area is 617 Å². The van der Waals surface area contributed by atoms with Gasteiger partial charge in [0, 0.05) is 19.3 Å². The predicted octanol–water partition coefficient (Wildman–Crippen LogP) is 22.4. The maximum atomic E-state index is 13.1. The van der Waals surface area contributed by atoms with Crippen molar-refractivity contribution in [3.05, 3.63) is 158 Å². The number of carbonyl (C=O) groups excluding carboxylic acids is 4. The molecule has 0 heterocycles. The molecule has 0 aromatic heterocycles. The molecule has 0 amide bonds. The van der Waals surface area contributed by atoms with Crippen LogP contribution < -0.4 is 0 Å². The summed E-state index contributed by atoms with van der Waals surface area (Å²) in [7, 11) is -10.0. The quantitative estimate of drug-likeness (QED) is 0.0169. The molecule has 102 heavy (non-hydrogen) atoms. The highest BCUT2D eigenvalue weighted by Gasteiger charge is 2.30. The molecule has 0 aromatic carbocycles. The van der Waals surface area contributed by atoms with E-state index in [0.29, 0.717) is 32.1 Å². The minimum absolute atomic E-state index is 0.0644. The van der Waals surface area contributed by atoms with Crippen molar-refractivity contribution in [2.24, 2.45) is 0 Å². The molecule has 0 aliphatic heterocycles. The van der Waals surface area contributed by atoms with E-state index in [9.17, 15) is 43.2 Å². The third-order valence-corrected chi connectivity index (χ3v) is 17.4. The topological polar surface area (TPSA) is 237 Å². The molecule has 0 fully saturated rings. The van der Waals surface area contributed by atoms with Gasteiger partial charge in [0.15, 0.2) is 12.2 Å². The lowest BCUT2D eigenvalue weighted by atomic mass is 10.0. The Hall–Kier alpha value is -5.32. The van der Waals surface area contributed by atoms with Crippen LogP contribution in [0.5, 0.6) is 0 Å². The van der Waals surface area contributed by atoms with Gasteiger partial charge in [0.2, 0.25) is 0 Å². The lowest BCUT2D eigenvalue weighted by Gasteiger charge is -2.21. The minimum Gasteiger partial charge on any atom is -0.462 e. The van der Waals surface area contributed by atoms with Gasteiger partial charge in [0.1, 0.15) is 19.3 Å². The van der Waals surface area contributed by atoms with Gasteiger partial charge < -0.3 is 33.8 Å². The van der Waals surface area contributed by atoms with Gasteiger partial charge in [-0.2, -0.15) is 0 Å². The Kier molecular flexibility index (Phi) is 70.1. The Bertz CT molecular complexity index is 2550. The van der Waals surface area contributed by atoms with Crippen LogP contribution in [0.1, 0.15) is 285 Å². The fraction of sp³-hybridized carbons (Fsp3) is 0.639. The number of hydrogen-bond acceptors (Lipinski definition) is 15. The number of esters is 4. The highest BCUT2D eigenvalue weighted by molar-refractivity contribution is 7.47. The zero-order valence-electron chi connectivity index (χ0n) is 63.2. The summed E-state index contributed by atoms with van der Waals surface area (Å²) in [5.74, 6) is -2.41. The Balaban J connectivity index is 5.48. The third-order valence-electron chi connectivity index (χ3n) is 15.5. The smallest absolute Gasteiger partial charge is 0.462 e. The van der Waals surface area contributed by atoms with Crippen molar-refractivity contribution in [2.45, 2.75) is 303 Å². The van der Waals surface area contributed by atoms with Crippen LogP contribution in [-0.4, -0.2) is 96.7 Å². The normalized spacial score (nSPS) is 14.8. The van der Waals surface area contributed by atoms with Gasteiger partial charge in [-0.25, -0.2) is 9.13 Å². The summed E-state index contributed by atoms with van der Waals surface area (Å²) in [5, 5.41) is 10.6. The Morgan fingerprint density at radius 3 is 0.902 bits per heavy atom. The molecule has 0 aliphatic rings. The number of carbonyl (C=O) groups is 4. The largest absolute Gasteiger partial charge is 0.472 e. The molecule has 19 heteroatoms. The number of hydrogen-bond donors (Lipinski definition) is 3. The van der Waals surface area contributed by atoms with E-state index in [2.05, 4.69) is 149 Å². The van der Waals surface area contributed by atoms with Crippen LogP contribution in [0.3, 0.4) is 0 Å². The molecule has 580 valence electrons. The molecular weight excluding hydrogens is 1330 g/mol. The maximum Gasteiger partial charge on any atom is 0.472 e. The number of ether oxygens (including phenoxy) is 4. The van der Waals surface area contributed by atoms with Crippen molar-refractivity contribution in [3.8, 4) is 0 Å². The van der Waals surface area contributed by atoms with Crippen molar-refractivity contribution < 1.29 is 80.2 Å². The van der Waals surface area contributed by atoms with E-state index in [1.807, 2.05) is 30.4 Å². The van der Waals surface area contributed by atoms with Gasteiger partial charge in [-0.3, -0.25) is 37.3 Å². The molecule has 0 spiro atoms. The van der Waals surface area contributed by atoms with E-state index in [0.717, 1.165) is 148 Å². The van der Waals surface area contributed by atoms with Gasteiger partial charge in [-0.15, -0.1) is 0 Å². The second-order valence-corrected chi connectivity index (χ2v) is 28.1. The summed E-state index contributed by atoms with van der Waals surface area (Å²) in [5.41, 5.74) is 0. The maximum absolute atomic E-state index is 13.1. The standard InChI is InChI=1S/C83H136O17P2/c1-5-9-13-17-21-25-29-33-36-38-41-45-48-52-56-60-64-68-81(86)94-74-79(100-83(88)70-66-62-58-54-50-46-42-39-37-34-30-26-22-18-14-10-6-2)76-98-102(91,92)96-72-77(84)71-95-101(89,90)97-75-78(99-82(87)69-65-61-57-53-49-43-32-28-24-20-16-12-8-4)73-93-80(85)67-63-59-55-51-47-44-40-35-31-27-23-19-15-11-7-3/h9-11,13-15,21-23,25-27,33-37,40-41,45,47,51-52,56,59,63,77-79,84H,5-8,12,16-20,24,28-32,38-39,42-44,46,48-50,53-55,57-58,60-62,64-76H2,1-4H3,(H,89,90)(H,91,92)/b13-9-,14-10-,15-11-,25-21-,26-22-,27-23-,36-33-,37-34-,40-35-,45-41-,51-47-,56-52-,63-59-. The summed E-state index contributed by atoms with van der Waals surface area (Å²) >= 11 is 0. The van der Waals surface area contributed by atoms with Crippen LogP contribution in [0, 0.1) is 0 Å². The Morgan fingerprint density at radius 2 is 0.559 bits per heavy atom. The first-order chi connectivity index (χ1) is 49.7. The van der Waals surface area contributed by atoms with Gasteiger partial charge >= 0.3 is 39.5 Å². The second-order valence-electron chi connectivity index (χ2n) is 25.2. The molecule has 0 saturated heterocycles. The van der Waals surface area contributed by atoms with Crippen LogP contribution >= 0.6 is 15.6 Å². The van der Waals surface area contributed by atoms with Gasteiger partial charge in [-0.1, -0.05) is 295 Å². The fourth-order valence-electron chi connectivity index (χ4n) is 9.75. The molecule has 5 atom stereocenters. The number of rotatable bonds is 71. The number of aliphatic hydroxyl groups excluding tert-OH is 1. The Morgan fingerprint density at radius 1 is 0.294 bits per heavy atom. The summed E-state index contributed by atoms with van der Waals surface area (Å²) < 4.78 is 68.3. The number of aliphatic hydroxyl groups is 1. The first-order valence-corrected chi connectivity index (χ1v) is 41.7. The molecule has 17 nitrogen and oxygen atoms in total. The summed E-state index contributed by atoms with van der Waals surface area (Å²) in [6, 6.07) is 0. The molecule has 0 aromatic rings. The monoisotopic (exact) mass is 1470 g/mol. The van der Waals surface area contributed by atoms with Crippen LogP contribution in [0.2, 0.25) is 0 Å². The number of unbranched alkanes of at least 4 members (excludes halogenated alkanes) is 20. The summed E-state index contributed by atoms with van der Waals surface area (Å²) in [6.07, 6.45) is 85.5. The molecule has 0 radical (unpaired) electrons. The van der Waals surface area contributed by atoms with E-state index in [1.54, 1.807) is 6.08 Å². The van der Waals surface area contributed by atoms with Crippen LogP contribution in [-0.2, 0) is 65.4 Å². The van der Waals surface area contributed by atoms with Gasteiger partial charge in [-0.05, 0) is 122 Å². The van der Waals surface area contributed by atoms with E-state index in [4.69, 9.17) is 37.0 Å². The average Bonchev–Trinajstić information content (AvgIpc) is 0.959. The molecule has 0 aliphatic carbocycles. The molecule has 0 rings (SSSR count). The first kappa shape index (κ1) is 96.7. The molecular formula is C83H136O17P2. The highest BCUT2D eigenvalue weighted by atomic mass is 31.2. The van der Waals surface area contributed by atoms with Crippen LogP contribution in [0.25, 0.3) is 0 Å². The minimum atomic E-state index is -5.00. The van der Waals surface area contributed by atoms with Gasteiger partial charge in [0.25, 0.3) is 0 Å². The predicted molar refractivity (Wildman–Crippen MR) is 417 cm³/mol. The lowest BCUT2D eigenvalue weighted by molar-refractivity contribution is -0.161. The number of phosphoric ester groups is 2. The molecule has 5 unspecified atom stereocenters. The highest BCUT2D eigenvalue weighted by Crippen LogP contribution is 2.45. The third kappa shape index (κ3) is 73.0. The summed E-state index contributed by atoms with van der Waals surface area (Å²) in [6.45, 7) is 4.34. The van der Waals surface area contributed by atoms with Crippen molar-refractivity contribution in [1.29, 1.82) is 0 Å². The van der Waals surface area contributed by atoms with Crippen LogP contribution in [0.4, 0.5) is 0 Å². The lowest BCUT2D eigenvalue weighted by Crippen LogP contribution is -2.30. The number of phosphoric acid groups is 2. The molecule has 0 bridgehead atoms. The summed E-state index contributed by atoms with van der Waals surface area (Å²) in [4.78, 5) is 72.9. The first-order valence-electron chi connectivity index (χ1n) is 38.7. The van der Waals surface area contributed by atoms with Crippen molar-refractivity contribution >= 4 is 39.5 Å². The average molecular weight is 1470 g/mol. The van der Waals surface area contributed by atoms with Crippen LogP contribution in [0.15, 0.2) is 158 Å². The zero-order valence-corrected chi connectivity index (χ0v) is 65.0. The zero-order chi connectivity index (χ0) is 74.6. The van der Waals surface area contributed by atoms with E-state index < -0.39 is 97.5 Å². The van der Waals surface area contributed by atoms with E-state index in [-0.39, 0.29) is 25.7 Å². The fourth-order valence-corrected chi connectivity index (χ4v) is 11.3. The van der Waals surface area contributed by atoms with Crippen molar-refractivity contribution in [3.63, 3.8) is 0 Å². The van der Waals surface area contributed by atoms with Gasteiger partial charge in [0.05, 0.1) is 32.8 Å². The molecule has 0 saturated carbocycles. The van der Waals surface area contributed by atoms with E-state index >= 15 is 0 Å².